The predicted octanol–water partition coefficient (Wildman–Crippen LogP) is 3.52. The first-order valence-corrected chi connectivity index (χ1v) is 11.3. The minimum absolute atomic E-state index is 0.127. The van der Waals surface area contributed by atoms with Crippen LogP contribution in [0, 0.1) is 4.77 Å². The smallest absolute Gasteiger partial charge is 0.262 e. The number of nitrogens with zero attached hydrogens (tertiary/aromatic N) is 2. The van der Waals surface area contributed by atoms with Gasteiger partial charge in [0.25, 0.3) is 11.5 Å². The van der Waals surface area contributed by atoms with Gasteiger partial charge in [-0.15, -0.1) is 0 Å². The summed E-state index contributed by atoms with van der Waals surface area (Å²) in [6.45, 7) is 5.40. The van der Waals surface area contributed by atoms with Crippen molar-refractivity contribution in [3.8, 4) is 0 Å². The molecular formula is C24H28N4O2S. The summed E-state index contributed by atoms with van der Waals surface area (Å²) in [6, 6.07) is 15.6. The van der Waals surface area contributed by atoms with E-state index < -0.39 is 0 Å². The molecule has 1 aromatic heterocycles. The molecule has 162 valence electrons. The molecule has 0 spiro atoms. The number of carbonyl (C=O) groups excluding carboxylic acids is 1. The number of aromatic nitrogens is 2. The number of aromatic amines is 1. The van der Waals surface area contributed by atoms with E-state index in [-0.39, 0.29) is 11.5 Å². The first-order chi connectivity index (χ1) is 15.1. The second-order valence-electron chi connectivity index (χ2n) is 8.02. The number of nitrogens with one attached hydrogen (secondary N) is 2. The van der Waals surface area contributed by atoms with Crippen LogP contribution in [0.4, 0.5) is 0 Å². The SMILES string of the molecule is CCN1CCC[C@H]1CNC(=O)c1ccc2c(=O)n(CCc3ccccc3)c(=S)[nH]c2c1. The van der Waals surface area contributed by atoms with Gasteiger partial charge in [-0.05, 0) is 68.3 Å². The van der Waals surface area contributed by atoms with E-state index in [1.807, 2.05) is 30.3 Å². The van der Waals surface area contributed by atoms with Crippen LogP contribution in [0.15, 0.2) is 53.3 Å². The number of aryl methyl sites for hydroxylation is 1. The molecule has 6 nitrogen and oxygen atoms in total. The Morgan fingerprint density at radius 3 is 2.81 bits per heavy atom. The Hall–Kier alpha value is -2.77. The van der Waals surface area contributed by atoms with Crippen LogP contribution in [0.3, 0.4) is 0 Å². The van der Waals surface area contributed by atoms with Gasteiger partial charge in [0.1, 0.15) is 0 Å². The second kappa shape index (κ2) is 9.58. The highest BCUT2D eigenvalue weighted by Crippen LogP contribution is 2.16. The fraction of sp³-hybridized carbons (Fsp3) is 0.375. The maximum absolute atomic E-state index is 13.0. The summed E-state index contributed by atoms with van der Waals surface area (Å²) < 4.78 is 1.96. The summed E-state index contributed by atoms with van der Waals surface area (Å²) in [4.78, 5) is 31.2. The summed E-state index contributed by atoms with van der Waals surface area (Å²) >= 11 is 5.44. The van der Waals surface area contributed by atoms with E-state index in [1.54, 1.807) is 22.8 Å². The number of fused-ring (bicyclic) bond motifs is 1. The molecule has 7 heteroatoms. The van der Waals surface area contributed by atoms with Crippen molar-refractivity contribution in [2.75, 3.05) is 19.6 Å². The normalized spacial score (nSPS) is 16.6. The summed E-state index contributed by atoms with van der Waals surface area (Å²) in [5.41, 5.74) is 2.14. The third kappa shape index (κ3) is 4.78. The van der Waals surface area contributed by atoms with Crippen molar-refractivity contribution >= 4 is 29.0 Å². The Kier molecular flexibility index (Phi) is 6.63. The maximum Gasteiger partial charge on any atom is 0.262 e. The molecule has 3 aromatic rings. The Labute approximate surface area is 186 Å². The standard InChI is InChI=1S/C24H28N4O2S/c1-2-27-13-6-9-19(27)16-25-22(29)18-10-11-20-21(15-18)26-24(31)28(23(20)30)14-12-17-7-4-3-5-8-17/h3-5,7-8,10-11,15,19H,2,6,9,12-14,16H2,1H3,(H,25,29)(H,26,31)/t19-/m0/s1. The number of likely N-dealkylation sites (tertiary alicyclic amines) is 1. The molecule has 1 aliphatic rings. The van der Waals surface area contributed by atoms with Crippen molar-refractivity contribution in [2.45, 2.75) is 38.8 Å². The van der Waals surface area contributed by atoms with Crippen molar-refractivity contribution in [3.05, 3.63) is 74.8 Å². The fourth-order valence-corrected chi connectivity index (χ4v) is 4.62. The third-order valence-corrected chi connectivity index (χ3v) is 6.44. The molecule has 2 aromatic carbocycles. The number of amides is 1. The number of benzene rings is 2. The van der Waals surface area contributed by atoms with Crippen LogP contribution in [0.5, 0.6) is 0 Å². The van der Waals surface area contributed by atoms with Gasteiger partial charge in [-0.1, -0.05) is 37.3 Å². The highest BCUT2D eigenvalue weighted by molar-refractivity contribution is 7.71. The van der Waals surface area contributed by atoms with Crippen molar-refractivity contribution in [1.82, 2.24) is 19.8 Å². The average molecular weight is 437 g/mol. The van der Waals surface area contributed by atoms with Crippen molar-refractivity contribution in [1.29, 1.82) is 0 Å². The first-order valence-electron chi connectivity index (χ1n) is 10.9. The summed E-state index contributed by atoms with van der Waals surface area (Å²) in [5, 5.41) is 3.58. The minimum atomic E-state index is -0.133. The molecule has 0 aliphatic carbocycles. The number of hydrogen-bond donors (Lipinski definition) is 2. The zero-order valence-electron chi connectivity index (χ0n) is 17.8. The van der Waals surface area contributed by atoms with Crippen molar-refractivity contribution < 1.29 is 4.79 Å². The zero-order valence-corrected chi connectivity index (χ0v) is 18.6. The van der Waals surface area contributed by atoms with E-state index in [0.29, 0.717) is 40.4 Å². The number of H-pyrrole nitrogens is 1. The minimum Gasteiger partial charge on any atom is -0.350 e. The Bertz CT molecular complexity index is 1190. The molecule has 0 bridgehead atoms. The van der Waals surface area contributed by atoms with Crippen LogP contribution in [0.25, 0.3) is 10.9 Å². The lowest BCUT2D eigenvalue weighted by Crippen LogP contribution is -2.40. The molecule has 2 heterocycles. The average Bonchev–Trinajstić information content (AvgIpc) is 3.25. The van der Waals surface area contributed by atoms with E-state index in [1.165, 1.54) is 6.42 Å². The molecule has 1 aliphatic heterocycles. The summed E-state index contributed by atoms with van der Waals surface area (Å²) in [7, 11) is 0. The van der Waals surface area contributed by atoms with Crippen LogP contribution in [-0.2, 0) is 13.0 Å². The quantitative estimate of drug-likeness (QED) is 0.556. The highest BCUT2D eigenvalue weighted by Gasteiger charge is 2.23. The summed E-state index contributed by atoms with van der Waals surface area (Å²) in [5.74, 6) is -0.127. The van der Waals surface area contributed by atoms with E-state index in [9.17, 15) is 9.59 Å². The van der Waals surface area contributed by atoms with Gasteiger partial charge in [-0.2, -0.15) is 0 Å². The van der Waals surface area contributed by atoms with Crippen LogP contribution in [-0.4, -0.2) is 46.0 Å². The van der Waals surface area contributed by atoms with Gasteiger partial charge in [0.15, 0.2) is 4.77 Å². The van der Waals surface area contributed by atoms with Gasteiger partial charge in [0.2, 0.25) is 0 Å². The third-order valence-electron chi connectivity index (χ3n) is 6.11. The van der Waals surface area contributed by atoms with Gasteiger partial charge in [0, 0.05) is 24.7 Å². The van der Waals surface area contributed by atoms with Gasteiger partial charge >= 0.3 is 0 Å². The zero-order chi connectivity index (χ0) is 21.8. The molecule has 0 saturated carbocycles. The van der Waals surface area contributed by atoms with Crippen LogP contribution in [0.1, 0.15) is 35.7 Å². The fourth-order valence-electron chi connectivity index (χ4n) is 4.34. The summed E-state index contributed by atoms with van der Waals surface area (Å²) in [6.07, 6.45) is 3.01. The van der Waals surface area contributed by atoms with Gasteiger partial charge in [0.05, 0.1) is 10.9 Å². The molecule has 2 N–H and O–H groups in total. The topological polar surface area (TPSA) is 70.1 Å². The number of rotatable bonds is 7. The van der Waals surface area contributed by atoms with E-state index in [0.717, 1.165) is 31.5 Å². The molecule has 1 atom stereocenters. The maximum atomic E-state index is 13.0. The number of carbonyl (C=O) groups is 1. The molecule has 1 amide bonds. The van der Waals surface area contributed by atoms with Gasteiger partial charge < -0.3 is 10.3 Å². The molecule has 1 fully saturated rings. The monoisotopic (exact) mass is 436 g/mol. The molecule has 0 radical (unpaired) electrons. The van der Waals surface area contributed by atoms with Crippen LogP contribution < -0.4 is 10.9 Å². The van der Waals surface area contributed by atoms with Gasteiger partial charge in [-0.3, -0.25) is 19.1 Å². The lowest BCUT2D eigenvalue weighted by atomic mass is 10.1. The number of hydrogen-bond acceptors (Lipinski definition) is 4. The van der Waals surface area contributed by atoms with E-state index >= 15 is 0 Å². The molecule has 0 unspecified atom stereocenters. The van der Waals surface area contributed by atoms with Gasteiger partial charge in [-0.25, -0.2) is 0 Å². The van der Waals surface area contributed by atoms with Crippen molar-refractivity contribution in [2.24, 2.45) is 0 Å². The van der Waals surface area contributed by atoms with Crippen LogP contribution >= 0.6 is 12.2 Å². The van der Waals surface area contributed by atoms with E-state index in [4.69, 9.17) is 12.2 Å². The second-order valence-corrected chi connectivity index (χ2v) is 8.40. The predicted molar refractivity (Wildman–Crippen MR) is 126 cm³/mol. The molecule has 4 rings (SSSR count). The van der Waals surface area contributed by atoms with Crippen LogP contribution in [0.2, 0.25) is 0 Å². The largest absolute Gasteiger partial charge is 0.350 e. The lowest BCUT2D eigenvalue weighted by molar-refractivity contribution is 0.0941. The highest BCUT2D eigenvalue weighted by atomic mass is 32.1. The Balaban J connectivity index is 1.51. The Morgan fingerprint density at radius 1 is 1.23 bits per heavy atom. The molecule has 31 heavy (non-hydrogen) atoms. The lowest BCUT2D eigenvalue weighted by Gasteiger charge is -2.22. The molecule has 1 saturated heterocycles. The van der Waals surface area contributed by atoms with Crippen molar-refractivity contribution in [3.63, 3.8) is 0 Å². The van der Waals surface area contributed by atoms with E-state index in [2.05, 4.69) is 22.1 Å². The number of likely N-dealkylation sites (N-methyl/N-ethyl adjacent to an activating group) is 1. The Morgan fingerprint density at radius 2 is 2.03 bits per heavy atom. The first kappa shape index (κ1) is 21.5. The molecular weight excluding hydrogens is 408 g/mol.